The van der Waals surface area contributed by atoms with Crippen LogP contribution in [-0.2, 0) is 19.6 Å². The van der Waals surface area contributed by atoms with Gasteiger partial charge in [-0.2, -0.15) is 0 Å². The summed E-state index contributed by atoms with van der Waals surface area (Å²) in [6.07, 6.45) is 1.85. The maximum atomic E-state index is 12.4. The van der Waals surface area contributed by atoms with Gasteiger partial charge in [-0.05, 0) is 30.9 Å². The van der Waals surface area contributed by atoms with Crippen LogP contribution in [0.25, 0.3) is 0 Å². The quantitative estimate of drug-likeness (QED) is 0.663. The summed E-state index contributed by atoms with van der Waals surface area (Å²) in [4.78, 5) is 25.6. The molecule has 1 aromatic rings. The van der Waals surface area contributed by atoms with Crippen LogP contribution in [-0.4, -0.2) is 51.4 Å². The predicted octanol–water partition coefficient (Wildman–Crippen LogP) is 2.71. The summed E-state index contributed by atoms with van der Waals surface area (Å²) in [6.45, 7) is 4.78. The average molecular weight is 437 g/mol. The second kappa shape index (κ2) is 9.23. The van der Waals surface area contributed by atoms with Crippen LogP contribution in [0.4, 0.5) is 0 Å². The van der Waals surface area contributed by atoms with Gasteiger partial charge in [0.15, 0.2) is 6.61 Å². The van der Waals surface area contributed by atoms with Gasteiger partial charge in [-0.25, -0.2) is 17.9 Å². The van der Waals surface area contributed by atoms with E-state index in [0.29, 0.717) is 13.1 Å². The summed E-state index contributed by atoms with van der Waals surface area (Å²) in [6, 6.07) is 2.24. The molecule has 0 aromatic heterocycles. The second-order valence-electron chi connectivity index (χ2n) is 6.67. The van der Waals surface area contributed by atoms with E-state index in [9.17, 15) is 18.0 Å². The minimum absolute atomic E-state index is 0.0542. The van der Waals surface area contributed by atoms with Crippen molar-refractivity contribution in [3.05, 3.63) is 27.7 Å². The third-order valence-corrected chi connectivity index (χ3v) is 6.20. The fourth-order valence-electron chi connectivity index (χ4n) is 2.51. The zero-order valence-electron chi connectivity index (χ0n) is 15.1. The zero-order valence-corrected chi connectivity index (χ0v) is 17.5. The summed E-state index contributed by atoms with van der Waals surface area (Å²) >= 11 is 12.0. The maximum Gasteiger partial charge on any atom is 0.340 e. The molecule has 0 unspecified atom stereocenters. The number of carbonyl (C=O) groups excluding carboxylic acids is 2. The second-order valence-corrected chi connectivity index (χ2v) is 9.22. The fourth-order valence-corrected chi connectivity index (χ4v) is 4.57. The van der Waals surface area contributed by atoms with Crippen LogP contribution < -0.4 is 4.72 Å². The number of ether oxygens (including phenoxy) is 1. The van der Waals surface area contributed by atoms with Crippen molar-refractivity contribution in [1.29, 1.82) is 0 Å². The minimum atomic E-state index is -3.93. The monoisotopic (exact) mass is 436 g/mol. The van der Waals surface area contributed by atoms with E-state index in [1.54, 1.807) is 4.90 Å². The van der Waals surface area contributed by atoms with Crippen molar-refractivity contribution >= 4 is 45.1 Å². The molecule has 0 spiro atoms. The van der Waals surface area contributed by atoms with E-state index < -0.39 is 22.6 Å². The van der Waals surface area contributed by atoms with Crippen molar-refractivity contribution < 1.29 is 22.7 Å². The molecule has 1 N–H and O–H groups in total. The zero-order chi connectivity index (χ0) is 20.2. The summed E-state index contributed by atoms with van der Waals surface area (Å²) in [5.74, 6) is -1.09. The highest BCUT2D eigenvalue weighted by Gasteiger charge is 2.25. The number of hydrogen-bond donors (Lipinski definition) is 1. The molecule has 10 heteroatoms. The van der Waals surface area contributed by atoms with E-state index in [4.69, 9.17) is 27.9 Å². The molecule has 1 aliphatic rings. The Morgan fingerprint density at radius 1 is 1.19 bits per heavy atom. The van der Waals surface area contributed by atoms with Gasteiger partial charge in [0, 0.05) is 19.6 Å². The van der Waals surface area contributed by atoms with Crippen molar-refractivity contribution in [3.63, 3.8) is 0 Å². The molecule has 150 valence electrons. The number of hydrogen-bond acceptors (Lipinski definition) is 5. The van der Waals surface area contributed by atoms with Gasteiger partial charge in [-0.3, -0.25) is 4.79 Å². The number of carbonyl (C=O) groups is 2. The van der Waals surface area contributed by atoms with E-state index in [0.717, 1.165) is 18.9 Å². The number of nitrogens with zero attached hydrogens (tertiary/aromatic N) is 1. The summed E-state index contributed by atoms with van der Waals surface area (Å²) in [5.41, 5.74) is -0.166. The van der Waals surface area contributed by atoms with E-state index in [1.165, 1.54) is 6.07 Å². The number of nitrogens with one attached hydrogen (secondary N) is 1. The third-order valence-electron chi connectivity index (χ3n) is 4.00. The first kappa shape index (κ1) is 21.9. The van der Waals surface area contributed by atoms with Crippen LogP contribution in [0.15, 0.2) is 17.0 Å². The van der Waals surface area contributed by atoms with Gasteiger partial charge >= 0.3 is 5.97 Å². The lowest BCUT2D eigenvalue weighted by Gasteiger charge is -2.15. The van der Waals surface area contributed by atoms with Gasteiger partial charge in [0.05, 0.1) is 15.6 Å². The molecule has 1 saturated heterocycles. The molecule has 1 amide bonds. The molecule has 1 aromatic carbocycles. The Morgan fingerprint density at radius 2 is 1.81 bits per heavy atom. The van der Waals surface area contributed by atoms with Gasteiger partial charge in [0.1, 0.15) is 4.90 Å². The first-order chi connectivity index (χ1) is 12.6. The Kier molecular flexibility index (Phi) is 7.50. The Labute approximate surface area is 169 Å². The van der Waals surface area contributed by atoms with Crippen molar-refractivity contribution in [3.8, 4) is 0 Å². The fraction of sp³-hybridized carbons (Fsp3) is 0.529. The summed E-state index contributed by atoms with van der Waals surface area (Å²) in [5, 5.41) is -0.164. The van der Waals surface area contributed by atoms with Gasteiger partial charge < -0.3 is 9.64 Å². The van der Waals surface area contributed by atoms with Gasteiger partial charge in [-0.15, -0.1) is 0 Å². The van der Waals surface area contributed by atoms with E-state index >= 15 is 0 Å². The minimum Gasteiger partial charge on any atom is -0.452 e. The van der Waals surface area contributed by atoms with Crippen LogP contribution in [0.2, 0.25) is 10.0 Å². The first-order valence-electron chi connectivity index (χ1n) is 8.55. The molecule has 2 rings (SSSR count). The molecular weight excluding hydrogens is 415 g/mol. The normalized spacial score (nSPS) is 14.6. The van der Waals surface area contributed by atoms with Crippen molar-refractivity contribution in [1.82, 2.24) is 9.62 Å². The lowest BCUT2D eigenvalue weighted by atomic mass is 10.2. The standard InChI is InChI=1S/C17H22Cl2N2O5S/c1-11(2)9-20-27(24,25)15-7-12(13(18)8-14(15)19)17(23)26-10-16(22)21-5-3-4-6-21/h7-8,11,20H,3-6,9-10H2,1-2H3. The number of sulfonamides is 1. The van der Waals surface area contributed by atoms with E-state index in [1.807, 2.05) is 13.8 Å². The maximum absolute atomic E-state index is 12.4. The number of rotatable bonds is 7. The summed E-state index contributed by atoms with van der Waals surface area (Å²) < 4.78 is 32.3. The molecule has 1 fully saturated rings. The van der Waals surface area contributed by atoms with E-state index in [2.05, 4.69) is 4.72 Å². The number of amides is 1. The number of benzene rings is 1. The Hall–Kier alpha value is -1.35. The molecule has 7 nitrogen and oxygen atoms in total. The van der Waals surface area contributed by atoms with E-state index in [-0.39, 0.29) is 38.9 Å². The first-order valence-corrected chi connectivity index (χ1v) is 10.8. The van der Waals surface area contributed by atoms with Crippen molar-refractivity contribution in [2.75, 3.05) is 26.2 Å². The highest BCUT2D eigenvalue weighted by atomic mass is 35.5. The molecule has 0 bridgehead atoms. The molecular formula is C17H22Cl2N2O5S. The molecule has 0 saturated carbocycles. The van der Waals surface area contributed by atoms with Gasteiger partial charge in [0.2, 0.25) is 10.0 Å². The summed E-state index contributed by atoms with van der Waals surface area (Å²) in [7, 11) is -3.93. The molecule has 1 aliphatic heterocycles. The van der Waals surface area contributed by atoms with Gasteiger partial charge in [0.25, 0.3) is 5.91 Å². The third kappa shape index (κ3) is 5.81. The largest absolute Gasteiger partial charge is 0.452 e. The molecule has 0 atom stereocenters. The molecule has 27 heavy (non-hydrogen) atoms. The molecule has 0 aliphatic carbocycles. The van der Waals surface area contributed by atoms with Crippen LogP contribution in [0.5, 0.6) is 0 Å². The van der Waals surface area contributed by atoms with Crippen LogP contribution >= 0.6 is 23.2 Å². The Balaban J connectivity index is 2.16. The van der Waals surface area contributed by atoms with Crippen LogP contribution in [0.1, 0.15) is 37.0 Å². The lowest BCUT2D eigenvalue weighted by Crippen LogP contribution is -2.32. The molecule has 0 radical (unpaired) electrons. The highest BCUT2D eigenvalue weighted by Crippen LogP contribution is 2.29. The van der Waals surface area contributed by atoms with Crippen LogP contribution in [0.3, 0.4) is 0 Å². The van der Waals surface area contributed by atoms with Crippen molar-refractivity contribution in [2.45, 2.75) is 31.6 Å². The number of esters is 1. The topological polar surface area (TPSA) is 92.8 Å². The average Bonchev–Trinajstić information content (AvgIpc) is 3.12. The smallest absolute Gasteiger partial charge is 0.340 e. The lowest BCUT2D eigenvalue weighted by molar-refractivity contribution is -0.133. The predicted molar refractivity (Wildman–Crippen MR) is 103 cm³/mol. The number of halogens is 2. The highest BCUT2D eigenvalue weighted by molar-refractivity contribution is 7.89. The Morgan fingerprint density at radius 3 is 2.41 bits per heavy atom. The molecule has 1 heterocycles. The Bertz CT molecular complexity index is 821. The van der Waals surface area contributed by atoms with Crippen LogP contribution in [0, 0.1) is 5.92 Å². The van der Waals surface area contributed by atoms with Crippen molar-refractivity contribution in [2.24, 2.45) is 5.92 Å². The number of likely N-dealkylation sites (tertiary alicyclic amines) is 1. The SMILES string of the molecule is CC(C)CNS(=O)(=O)c1cc(C(=O)OCC(=O)N2CCCC2)c(Cl)cc1Cl. The van der Waals surface area contributed by atoms with Gasteiger partial charge in [-0.1, -0.05) is 37.0 Å².